The van der Waals surface area contributed by atoms with Crippen LogP contribution in [0.5, 0.6) is 11.5 Å². The van der Waals surface area contributed by atoms with Gasteiger partial charge in [0.25, 0.3) is 5.91 Å². The molecule has 0 unspecified atom stereocenters. The summed E-state index contributed by atoms with van der Waals surface area (Å²) < 4.78 is 10.7. The maximum Gasteiger partial charge on any atom is 0.259 e. The lowest BCUT2D eigenvalue weighted by Crippen LogP contribution is -2.42. The van der Waals surface area contributed by atoms with E-state index in [9.17, 15) is 14.4 Å². The van der Waals surface area contributed by atoms with Gasteiger partial charge in [-0.25, -0.2) is 9.89 Å². The number of amidine groups is 2. The van der Waals surface area contributed by atoms with E-state index in [2.05, 4.69) is 10.6 Å². The highest BCUT2D eigenvalue weighted by Crippen LogP contribution is 2.36. The van der Waals surface area contributed by atoms with Gasteiger partial charge < -0.3 is 20.1 Å². The van der Waals surface area contributed by atoms with E-state index in [1.54, 1.807) is 0 Å². The number of fused-ring (bicyclic) bond motifs is 4. The van der Waals surface area contributed by atoms with Gasteiger partial charge in [-0.15, -0.1) is 0 Å². The number of rotatable bonds is 9. The van der Waals surface area contributed by atoms with Gasteiger partial charge in [-0.1, -0.05) is 49.0 Å². The van der Waals surface area contributed by atoms with Gasteiger partial charge in [0.2, 0.25) is 18.6 Å². The third-order valence-corrected chi connectivity index (χ3v) is 8.63. The number of aliphatic imine (C=N–C) groups is 2. The van der Waals surface area contributed by atoms with Crippen LogP contribution in [0.2, 0.25) is 0 Å². The van der Waals surface area contributed by atoms with E-state index >= 15 is 0 Å². The standard InChI is InChI=1S/C32H31N5O5S/c1-3-27(30(39)34-21-8-6-7-19(2)15-21)43-32-36-23-10-5-4-9-22(23)29-35-24(31(40)37(29)32)12-14-28(38)33-17-20-11-13-25-26(16-20)42-18-41-25/h4-11,13,15-16,24,27H,3,12,14,17-18H2,1-2H3,(H,33,38)(H,34,39)/t24-,27-/m0/s1. The third kappa shape index (κ3) is 6.12. The number of aryl methyl sites for hydroxylation is 1. The first-order chi connectivity index (χ1) is 20.9. The Labute approximate surface area is 253 Å². The second-order valence-corrected chi connectivity index (χ2v) is 11.6. The molecule has 3 amide bonds. The molecule has 3 heterocycles. The van der Waals surface area contributed by atoms with Crippen molar-refractivity contribution in [2.45, 2.75) is 50.9 Å². The Morgan fingerprint density at radius 1 is 1.07 bits per heavy atom. The Morgan fingerprint density at radius 2 is 1.91 bits per heavy atom. The number of ether oxygens (including phenoxy) is 2. The van der Waals surface area contributed by atoms with Crippen molar-refractivity contribution in [3.05, 3.63) is 83.4 Å². The highest BCUT2D eigenvalue weighted by molar-refractivity contribution is 8.15. The van der Waals surface area contributed by atoms with Gasteiger partial charge in [-0.05, 0) is 67.3 Å². The van der Waals surface area contributed by atoms with Crippen LogP contribution in [0.15, 0.2) is 76.7 Å². The number of thioether (sulfide) groups is 1. The Bertz CT molecular complexity index is 1650. The molecule has 0 radical (unpaired) electrons. The fourth-order valence-corrected chi connectivity index (χ4v) is 6.09. The fourth-order valence-electron chi connectivity index (χ4n) is 5.07. The van der Waals surface area contributed by atoms with Crippen LogP contribution in [0, 0.1) is 6.92 Å². The first-order valence-electron chi connectivity index (χ1n) is 14.2. The van der Waals surface area contributed by atoms with E-state index < -0.39 is 11.3 Å². The van der Waals surface area contributed by atoms with Gasteiger partial charge in [0.15, 0.2) is 16.7 Å². The summed E-state index contributed by atoms with van der Waals surface area (Å²) in [6, 6.07) is 19.9. The lowest BCUT2D eigenvalue weighted by Gasteiger charge is -2.27. The monoisotopic (exact) mass is 597 g/mol. The molecule has 0 saturated carbocycles. The number of carbonyl (C=O) groups excluding carboxylic acids is 3. The summed E-state index contributed by atoms with van der Waals surface area (Å²) in [4.78, 5) is 50.7. The zero-order chi connectivity index (χ0) is 29.9. The lowest BCUT2D eigenvalue weighted by atomic mass is 10.1. The van der Waals surface area contributed by atoms with Gasteiger partial charge in [0.1, 0.15) is 11.9 Å². The number of carbonyl (C=O) groups is 3. The van der Waals surface area contributed by atoms with Crippen molar-refractivity contribution < 1.29 is 23.9 Å². The second kappa shape index (κ2) is 12.3. The first kappa shape index (κ1) is 28.5. The predicted octanol–water partition coefficient (Wildman–Crippen LogP) is 4.93. The van der Waals surface area contributed by atoms with Crippen LogP contribution in [0.4, 0.5) is 11.4 Å². The molecule has 3 aromatic rings. The van der Waals surface area contributed by atoms with Crippen LogP contribution in [0.1, 0.15) is 42.9 Å². The van der Waals surface area contributed by atoms with Gasteiger partial charge in [0, 0.05) is 24.2 Å². The number of para-hydroxylation sites is 1. The van der Waals surface area contributed by atoms with Gasteiger partial charge >= 0.3 is 0 Å². The van der Waals surface area contributed by atoms with Crippen molar-refractivity contribution >= 4 is 51.9 Å². The summed E-state index contributed by atoms with van der Waals surface area (Å²) in [5, 5.41) is 5.81. The molecule has 3 aliphatic heterocycles. The molecule has 0 aliphatic carbocycles. The first-order valence-corrected chi connectivity index (χ1v) is 15.1. The molecule has 0 spiro atoms. The van der Waals surface area contributed by atoms with E-state index in [0.29, 0.717) is 41.2 Å². The Balaban J connectivity index is 1.13. The number of anilines is 1. The minimum atomic E-state index is -0.732. The largest absolute Gasteiger partial charge is 0.454 e. The number of nitrogens with zero attached hydrogens (tertiary/aromatic N) is 3. The summed E-state index contributed by atoms with van der Waals surface area (Å²) in [5.41, 5.74) is 4.08. The average molecular weight is 598 g/mol. The molecule has 2 N–H and O–H groups in total. The Kier molecular flexibility index (Phi) is 8.15. The molecule has 43 heavy (non-hydrogen) atoms. The summed E-state index contributed by atoms with van der Waals surface area (Å²) >= 11 is 1.25. The van der Waals surface area contributed by atoms with E-state index in [1.807, 2.05) is 80.6 Å². The van der Waals surface area contributed by atoms with Crippen molar-refractivity contribution in [2.75, 3.05) is 12.1 Å². The lowest BCUT2D eigenvalue weighted by molar-refractivity contribution is -0.125. The molecule has 6 rings (SSSR count). The fraction of sp³-hybridized carbons (Fsp3) is 0.281. The number of nitrogens with one attached hydrogen (secondary N) is 2. The number of amides is 3. The van der Waals surface area contributed by atoms with Crippen molar-refractivity contribution in [2.24, 2.45) is 9.98 Å². The van der Waals surface area contributed by atoms with E-state index in [0.717, 1.165) is 22.4 Å². The van der Waals surface area contributed by atoms with Crippen LogP contribution in [0.25, 0.3) is 0 Å². The second-order valence-electron chi connectivity index (χ2n) is 10.4. The van der Waals surface area contributed by atoms with Crippen LogP contribution in [0.3, 0.4) is 0 Å². The molecule has 0 fully saturated rings. The molecule has 3 aromatic carbocycles. The zero-order valence-electron chi connectivity index (χ0n) is 23.8. The van der Waals surface area contributed by atoms with Gasteiger partial charge in [-0.3, -0.25) is 19.4 Å². The van der Waals surface area contributed by atoms with E-state index in [4.69, 9.17) is 19.5 Å². The molecule has 0 bridgehead atoms. The number of hydrogen-bond acceptors (Lipinski definition) is 8. The summed E-state index contributed by atoms with van der Waals surface area (Å²) in [6.07, 6.45) is 0.907. The molecule has 11 heteroatoms. The van der Waals surface area contributed by atoms with E-state index in [-0.39, 0.29) is 37.4 Å². The SMILES string of the molecule is CC[C@H](SC1=Nc2ccccc2C2=N[C@@H](CCC(=O)NCc3ccc4c(c3)OCO4)C(=O)N12)C(=O)Nc1cccc(C)c1. The molecule has 2 atom stereocenters. The van der Waals surface area contributed by atoms with Crippen molar-refractivity contribution in [3.8, 4) is 11.5 Å². The maximum absolute atomic E-state index is 13.7. The molecule has 3 aliphatic rings. The normalized spacial score (nSPS) is 17.0. The molecule has 0 aromatic heterocycles. The van der Waals surface area contributed by atoms with Crippen molar-refractivity contribution in [1.82, 2.24) is 10.2 Å². The third-order valence-electron chi connectivity index (χ3n) is 7.32. The smallest absolute Gasteiger partial charge is 0.259 e. The predicted molar refractivity (Wildman–Crippen MR) is 166 cm³/mol. The molecular weight excluding hydrogens is 566 g/mol. The van der Waals surface area contributed by atoms with Crippen LogP contribution < -0.4 is 20.1 Å². The summed E-state index contributed by atoms with van der Waals surface area (Å²) in [7, 11) is 0. The topological polar surface area (TPSA) is 122 Å². The average Bonchev–Trinajstić information content (AvgIpc) is 3.61. The minimum absolute atomic E-state index is 0.128. The Morgan fingerprint density at radius 3 is 2.74 bits per heavy atom. The zero-order valence-corrected chi connectivity index (χ0v) is 24.6. The van der Waals surface area contributed by atoms with Crippen LogP contribution >= 0.6 is 11.8 Å². The van der Waals surface area contributed by atoms with Crippen molar-refractivity contribution in [1.29, 1.82) is 0 Å². The van der Waals surface area contributed by atoms with Gasteiger partial charge in [0.05, 0.1) is 10.9 Å². The van der Waals surface area contributed by atoms with Crippen molar-refractivity contribution in [3.63, 3.8) is 0 Å². The molecular formula is C32H31N5O5S. The number of hydrogen-bond donors (Lipinski definition) is 2. The summed E-state index contributed by atoms with van der Waals surface area (Å²) in [5.74, 6) is 1.24. The maximum atomic E-state index is 13.7. The Hall–Kier alpha value is -4.64. The highest BCUT2D eigenvalue weighted by atomic mass is 32.2. The molecule has 0 saturated heterocycles. The quantitative estimate of drug-likeness (QED) is 0.361. The van der Waals surface area contributed by atoms with Crippen LogP contribution in [-0.2, 0) is 20.9 Å². The minimum Gasteiger partial charge on any atom is -0.454 e. The number of benzene rings is 3. The van der Waals surface area contributed by atoms with E-state index in [1.165, 1.54) is 16.7 Å². The molecule has 220 valence electrons. The summed E-state index contributed by atoms with van der Waals surface area (Å²) in [6.45, 7) is 4.42. The highest BCUT2D eigenvalue weighted by Gasteiger charge is 2.42. The van der Waals surface area contributed by atoms with Crippen LogP contribution in [-0.4, -0.2) is 51.7 Å². The molecule has 10 nitrogen and oxygen atoms in total. The van der Waals surface area contributed by atoms with Gasteiger partial charge in [-0.2, -0.15) is 0 Å².